The molecule has 0 saturated carbocycles. The van der Waals surface area contributed by atoms with Gasteiger partial charge in [-0.3, -0.25) is 4.79 Å². The molecule has 5 aromatic carbocycles. The molecule has 28 heavy (non-hydrogen) atoms. The molecule has 0 amide bonds. The first-order valence-electron chi connectivity index (χ1n) is 9.65. The Labute approximate surface area is 164 Å². The molecular formula is C27H20O. The molecule has 0 aliphatic carbocycles. The summed E-state index contributed by atoms with van der Waals surface area (Å²) in [5.41, 5.74) is 1.85. The number of ketones is 1. The number of hydrogen-bond acceptors (Lipinski definition) is 1. The number of carbonyl (C=O) groups excluding carboxylic acids is 1. The zero-order chi connectivity index (χ0) is 19.1. The second kappa shape index (κ2) is 6.61. The summed E-state index contributed by atoms with van der Waals surface area (Å²) < 4.78 is 0. The Morgan fingerprint density at radius 1 is 0.607 bits per heavy atom. The number of Topliss-reactive ketones (excluding diaryl/α,β-unsaturated/α-hetero) is 1. The van der Waals surface area contributed by atoms with Crippen LogP contribution in [0.4, 0.5) is 0 Å². The molecule has 5 aromatic rings. The van der Waals surface area contributed by atoms with Crippen LogP contribution in [-0.2, 0) is 0 Å². The third-order valence-electron chi connectivity index (χ3n) is 5.65. The van der Waals surface area contributed by atoms with Gasteiger partial charge in [-0.05, 0) is 62.1 Å². The third kappa shape index (κ3) is 2.76. The van der Waals surface area contributed by atoms with Crippen molar-refractivity contribution in [3.63, 3.8) is 0 Å². The maximum absolute atomic E-state index is 13.0. The van der Waals surface area contributed by atoms with Crippen LogP contribution in [0, 0.1) is 0 Å². The van der Waals surface area contributed by atoms with Crippen LogP contribution in [0.3, 0.4) is 0 Å². The van der Waals surface area contributed by atoms with Gasteiger partial charge < -0.3 is 0 Å². The van der Waals surface area contributed by atoms with E-state index in [1.54, 1.807) is 0 Å². The highest BCUT2D eigenvalue weighted by molar-refractivity contribution is 6.08. The van der Waals surface area contributed by atoms with Crippen LogP contribution in [0.1, 0.15) is 28.8 Å². The van der Waals surface area contributed by atoms with E-state index in [9.17, 15) is 4.79 Å². The molecule has 0 radical (unpaired) electrons. The summed E-state index contributed by atoms with van der Waals surface area (Å²) >= 11 is 0. The number of carbonyl (C=O) groups is 1. The Balaban J connectivity index is 1.69. The van der Waals surface area contributed by atoms with Crippen LogP contribution < -0.4 is 0 Å². The van der Waals surface area contributed by atoms with Crippen LogP contribution in [0.2, 0.25) is 0 Å². The van der Waals surface area contributed by atoms with E-state index in [1.807, 2.05) is 37.3 Å². The third-order valence-corrected chi connectivity index (χ3v) is 5.65. The molecule has 134 valence electrons. The Bertz CT molecular complexity index is 1330. The van der Waals surface area contributed by atoms with Gasteiger partial charge in [0.25, 0.3) is 0 Å². The Morgan fingerprint density at radius 2 is 1.18 bits per heavy atom. The van der Waals surface area contributed by atoms with Gasteiger partial charge in [0.1, 0.15) is 0 Å². The lowest BCUT2D eigenvalue weighted by Gasteiger charge is -2.15. The van der Waals surface area contributed by atoms with Crippen molar-refractivity contribution in [2.75, 3.05) is 0 Å². The fourth-order valence-electron chi connectivity index (χ4n) is 4.11. The van der Waals surface area contributed by atoms with Gasteiger partial charge in [0, 0.05) is 11.5 Å². The van der Waals surface area contributed by atoms with E-state index in [2.05, 4.69) is 66.7 Å². The molecule has 0 saturated heterocycles. The molecule has 0 N–H and O–H groups in total. The van der Waals surface area contributed by atoms with Gasteiger partial charge in [0.2, 0.25) is 0 Å². The molecule has 1 unspecified atom stereocenters. The Hall–Kier alpha value is -3.45. The van der Waals surface area contributed by atoms with Gasteiger partial charge in [0.05, 0.1) is 0 Å². The summed E-state index contributed by atoms with van der Waals surface area (Å²) in [4.78, 5) is 13.0. The highest BCUT2D eigenvalue weighted by Crippen LogP contribution is 2.33. The minimum absolute atomic E-state index is 0.159. The van der Waals surface area contributed by atoms with Crippen molar-refractivity contribution in [1.82, 2.24) is 0 Å². The fourth-order valence-corrected chi connectivity index (χ4v) is 4.11. The van der Waals surface area contributed by atoms with E-state index in [0.717, 1.165) is 16.5 Å². The van der Waals surface area contributed by atoms with Gasteiger partial charge >= 0.3 is 0 Å². The average Bonchev–Trinajstić information content (AvgIpc) is 2.75. The summed E-state index contributed by atoms with van der Waals surface area (Å²) in [6.45, 7) is 2.01. The second-order valence-corrected chi connectivity index (χ2v) is 7.42. The quantitative estimate of drug-likeness (QED) is 0.247. The van der Waals surface area contributed by atoms with Crippen LogP contribution in [0.5, 0.6) is 0 Å². The maximum atomic E-state index is 13.0. The van der Waals surface area contributed by atoms with Gasteiger partial charge in [-0.1, -0.05) is 79.7 Å². The molecule has 0 aliphatic rings. The summed E-state index contributed by atoms with van der Waals surface area (Å²) in [6.07, 6.45) is 0. The minimum Gasteiger partial charge on any atom is -0.294 e. The first kappa shape index (κ1) is 16.7. The summed E-state index contributed by atoms with van der Waals surface area (Å²) in [7, 11) is 0. The van der Waals surface area contributed by atoms with Gasteiger partial charge in [0.15, 0.2) is 5.78 Å². The summed E-state index contributed by atoms with van der Waals surface area (Å²) in [5.74, 6) is -0.0317. The molecule has 1 nitrogen and oxygen atoms in total. The molecule has 0 fully saturated rings. The first-order chi connectivity index (χ1) is 13.7. The average molecular weight is 360 g/mol. The van der Waals surface area contributed by atoms with E-state index < -0.39 is 0 Å². The zero-order valence-electron chi connectivity index (χ0n) is 15.7. The van der Waals surface area contributed by atoms with E-state index >= 15 is 0 Å². The summed E-state index contributed by atoms with van der Waals surface area (Å²) in [5, 5.41) is 7.25. The lowest BCUT2D eigenvalue weighted by Crippen LogP contribution is -2.10. The zero-order valence-corrected chi connectivity index (χ0v) is 15.7. The molecule has 0 aliphatic heterocycles. The maximum Gasteiger partial charge on any atom is 0.170 e. The first-order valence-corrected chi connectivity index (χ1v) is 9.65. The predicted octanol–water partition coefficient (Wildman–Crippen LogP) is 7.13. The van der Waals surface area contributed by atoms with Crippen LogP contribution in [-0.4, -0.2) is 5.78 Å². The van der Waals surface area contributed by atoms with Gasteiger partial charge in [-0.2, -0.15) is 0 Å². The van der Waals surface area contributed by atoms with Crippen molar-refractivity contribution in [2.24, 2.45) is 0 Å². The van der Waals surface area contributed by atoms with E-state index in [0.29, 0.717) is 0 Å². The van der Waals surface area contributed by atoms with E-state index in [1.165, 1.54) is 26.9 Å². The predicted molar refractivity (Wildman–Crippen MR) is 118 cm³/mol. The van der Waals surface area contributed by atoms with Crippen molar-refractivity contribution in [1.29, 1.82) is 0 Å². The topological polar surface area (TPSA) is 17.1 Å². The minimum atomic E-state index is -0.191. The number of fused-ring (bicyclic) bond motifs is 3. The Morgan fingerprint density at radius 3 is 1.89 bits per heavy atom. The van der Waals surface area contributed by atoms with Crippen molar-refractivity contribution in [3.8, 4) is 0 Å². The van der Waals surface area contributed by atoms with Crippen LogP contribution >= 0.6 is 0 Å². The highest BCUT2D eigenvalue weighted by Gasteiger charge is 2.19. The monoisotopic (exact) mass is 360 g/mol. The molecule has 5 rings (SSSR count). The molecule has 0 bridgehead atoms. The van der Waals surface area contributed by atoms with Crippen molar-refractivity contribution in [3.05, 3.63) is 108 Å². The van der Waals surface area contributed by atoms with Crippen molar-refractivity contribution in [2.45, 2.75) is 12.8 Å². The highest BCUT2D eigenvalue weighted by atomic mass is 16.1. The SMILES string of the molecule is CC(C(=O)c1ccccc1)c1cccc2cc3cc4ccccc4cc3cc12. The Kier molecular flexibility index (Phi) is 3.95. The van der Waals surface area contributed by atoms with Crippen LogP contribution in [0.25, 0.3) is 32.3 Å². The fraction of sp³-hybridized carbons (Fsp3) is 0.0741. The second-order valence-electron chi connectivity index (χ2n) is 7.42. The summed E-state index contributed by atoms with van der Waals surface area (Å²) in [6, 6.07) is 33.2. The normalized spacial score (nSPS) is 12.5. The molecular weight excluding hydrogens is 340 g/mol. The van der Waals surface area contributed by atoms with E-state index in [-0.39, 0.29) is 11.7 Å². The molecule has 0 heterocycles. The lowest BCUT2D eigenvalue weighted by atomic mass is 9.88. The molecule has 0 aromatic heterocycles. The van der Waals surface area contributed by atoms with Crippen molar-refractivity contribution < 1.29 is 4.79 Å². The van der Waals surface area contributed by atoms with Gasteiger partial charge in [-0.25, -0.2) is 0 Å². The number of benzene rings is 5. The van der Waals surface area contributed by atoms with Crippen LogP contribution in [0.15, 0.2) is 97.1 Å². The van der Waals surface area contributed by atoms with Gasteiger partial charge in [-0.15, -0.1) is 0 Å². The molecule has 1 heteroatoms. The standard InChI is InChI=1S/C27H20O/c1-18(27(28)19-8-3-2-4-9-19)25-13-7-12-22-16-23-14-20-10-5-6-11-21(20)15-24(23)17-26(22)25/h2-18H,1H3. The van der Waals surface area contributed by atoms with Crippen molar-refractivity contribution >= 4 is 38.1 Å². The molecule has 0 spiro atoms. The van der Waals surface area contributed by atoms with E-state index in [4.69, 9.17) is 0 Å². The molecule has 1 atom stereocenters. The lowest BCUT2D eigenvalue weighted by molar-refractivity contribution is 0.0966. The number of hydrogen-bond donors (Lipinski definition) is 0. The largest absolute Gasteiger partial charge is 0.294 e. The number of rotatable bonds is 3. The smallest absolute Gasteiger partial charge is 0.170 e.